The highest BCUT2D eigenvalue weighted by molar-refractivity contribution is 5.41. The first kappa shape index (κ1) is 13.4. The number of phenols is 1. The van der Waals surface area contributed by atoms with Crippen LogP contribution in [0.1, 0.15) is 24.2 Å². The van der Waals surface area contributed by atoms with Crippen LogP contribution in [0.5, 0.6) is 11.5 Å². The van der Waals surface area contributed by atoms with E-state index in [0.29, 0.717) is 37.2 Å². The molecule has 1 heterocycles. The van der Waals surface area contributed by atoms with Gasteiger partial charge in [0, 0.05) is 13.5 Å². The number of nitrogens with zero attached hydrogens (tertiary/aromatic N) is 2. The molecule has 0 aliphatic carbocycles. The molecule has 0 amide bonds. The smallest absolute Gasteiger partial charge is 0.223 e. The second-order valence-electron chi connectivity index (χ2n) is 4.07. The maximum absolute atomic E-state index is 9.59. The Morgan fingerprint density at radius 2 is 2.21 bits per heavy atom. The average molecular weight is 263 g/mol. The van der Waals surface area contributed by atoms with Crippen LogP contribution in [0.15, 0.2) is 22.7 Å². The van der Waals surface area contributed by atoms with Gasteiger partial charge in [-0.2, -0.15) is 4.98 Å². The van der Waals surface area contributed by atoms with Gasteiger partial charge in [-0.05, 0) is 24.6 Å². The molecule has 0 saturated carbocycles. The topological polar surface area (TPSA) is 80.4 Å². The van der Waals surface area contributed by atoms with E-state index in [9.17, 15) is 5.11 Å². The van der Waals surface area contributed by atoms with Gasteiger partial charge in [0.25, 0.3) is 0 Å². The molecule has 2 aromatic rings. The number of ether oxygens (including phenoxy) is 1. The Morgan fingerprint density at radius 1 is 1.37 bits per heavy atom. The van der Waals surface area contributed by atoms with Crippen molar-refractivity contribution in [3.8, 4) is 11.5 Å². The summed E-state index contributed by atoms with van der Waals surface area (Å²) < 4.78 is 10.2. The van der Waals surface area contributed by atoms with E-state index in [4.69, 9.17) is 9.26 Å². The molecule has 1 aromatic heterocycles. The molecule has 0 saturated heterocycles. The summed E-state index contributed by atoms with van der Waals surface area (Å²) in [7, 11) is 0. The monoisotopic (exact) mass is 263 g/mol. The minimum atomic E-state index is 0.152. The van der Waals surface area contributed by atoms with E-state index < -0.39 is 0 Å². The van der Waals surface area contributed by atoms with Gasteiger partial charge in [-0.3, -0.25) is 0 Å². The third-order valence-electron chi connectivity index (χ3n) is 2.51. The van der Waals surface area contributed by atoms with Crippen molar-refractivity contribution in [3.63, 3.8) is 0 Å². The molecule has 19 heavy (non-hydrogen) atoms. The van der Waals surface area contributed by atoms with Gasteiger partial charge in [-0.15, -0.1) is 0 Å². The lowest BCUT2D eigenvalue weighted by atomic mass is 10.2. The minimum absolute atomic E-state index is 0.152. The maximum atomic E-state index is 9.59. The minimum Gasteiger partial charge on any atom is -0.504 e. The zero-order valence-corrected chi connectivity index (χ0v) is 11.0. The molecule has 1 aromatic carbocycles. The summed E-state index contributed by atoms with van der Waals surface area (Å²) in [5, 5.41) is 16.6. The summed E-state index contributed by atoms with van der Waals surface area (Å²) in [5.41, 5.74) is 1.02. The third-order valence-corrected chi connectivity index (χ3v) is 2.51. The van der Waals surface area contributed by atoms with E-state index in [0.717, 1.165) is 5.56 Å². The van der Waals surface area contributed by atoms with Gasteiger partial charge in [0.1, 0.15) is 0 Å². The lowest BCUT2D eigenvalue weighted by Gasteiger charge is -2.08. The normalized spacial score (nSPS) is 10.6. The van der Waals surface area contributed by atoms with Gasteiger partial charge in [-0.1, -0.05) is 11.2 Å². The summed E-state index contributed by atoms with van der Waals surface area (Å²) in [6, 6.07) is 5.28. The van der Waals surface area contributed by atoms with Crippen LogP contribution in [0.3, 0.4) is 0 Å². The van der Waals surface area contributed by atoms with Crippen molar-refractivity contribution in [2.75, 3.05) is 6.61 Å². The number of hydrogen-bond acceptors (Lipinski definition) is 6. The summed E-state index contributed by atoms with van der Waals surface area (Å²) in [6.45, 7) is 5.32. The van der Waals surface area contributed by atoms with Gasteiger partial charge >= 0.3 is 0 Å². The molecule has 2 rings (SSSR count). The van der Waals surface area contributed by atoms with E-state index in [-0.39, 0.29) is 5.75 Å². The Labute approximate surface area is 111 Å². The van der Waals surface area contributed by atoms with Crippen LogP contribution >= 0.6 is 0 Å². The van der Waals surface area contributed by atoms with E-state index in [1.165, 1.54) is 0 Å². The van der Waals surface area contributed by atoms with E-state index in [2.05, 4.69) is 15.5 Å². The van der Waals surface area contributed by atoms with Crippen LogP contribution in [-0.4, -0.2) is 21.9 Å². The van der Waals surface area contributed by atoms with E-state index >= 15 is 0 Å². The zero-order valence-electron chi connectivity index (χ0n) is 11.0. The van der Waals surface area contributed by atoms with Gasteiger partial charge in [0.05, 0.1) is 13.2 Å². The molecule has 6 nitrogen and oxygen atoms in total. The zero-order chi connectivity index (χ0) is 13.7. The lowest BCUT2D eigenvalue weighted by molar-refractivity contribution is 0.317. The molecular formula is C13H17N3O3. The summed E-state index contributed by atoms with van der Waals surface area (Å²) in [6.07, 6.45) is 0. The summed E-state index contributed by atoms with van der Waals surface area (Å²) >= 11 is 0. The van der Waals surface area contributed by atoms with Crippen LogP contribution in [-0.2, 0) is 13.1 Å². The molecule has 0 aliphatic rings. The fourth-order valence-electron chi connectivity index (χ4n) is 1.67. The predicted molar refractivity (Wildman–Crippen MR) is 68.9 cm³/mol. The summed E-state index contributed by atoms with van der Waals surface area (Å²) in [5.74, 6) is 1.83. The fourth-order valence-corrected chi connectivity index (χ4v) is 1.67. The van der Waals surface area contributed by atoms with Gasteiger partial charge in [0.2, 0.25) is 5.89 Å². The molecule has 102 valence electrons. The van der Waals surface area contributed by atoms with Crippen molar-refractivity contribution in [2.24, 2.45) is 0 Å². The highest BCUT2D eigenvalue weighted by Crippen LogP contribution is 2.26. The molecule has 2 N–H and O–H groups in total. The number of aromatic nitrogens is 2. The van der Waals surface area contributed by atoms with Crippen LogP contribution < -0.4 is 10.1 Å². The first-order valence-corrected chi connectivity index (χ1v) is 6.13. The number of rotatable bonds is 6. The van der Waals surface area contributed by atoms with Crippen LogP contribution in [0.25, 0.3) is 0 Å². The molecule has 0 atom stereocenters. The van der Waals surface area contributed by atoms with Gasteiger partial charge in [0.15, 0.2) is 17.3 Å². The number of aryl methyl sites for hydroxylation is 1. The highest BCUT2D eigenvalue weighted by atomic mass is 16.5. The Kier molecular flexibility index (Phi) is 4.35. The largest absolute Gasteiger partial charge is 0.504 e. The summed E-state index contributed by atoms with van der Waals surface area (Å²) in [4.78, 5) is 4.10. The molecular weight excluding hydrogens is 246 g/mol. The van der Waals surface area contributed by atoms with Crippen molar-refractivity contribution in [2.45, 2.75) is 26.9 Å². The van der Waals surface area contributed by atoms with E-state index in [1.54, 1.807) is 13.0 Å². The molecule has 0 unspecified atom stereocenters. The van der Waals surface area contributed by atoms with Crippen molar-refractivity contribution in [1.29, 1.82) is 0 Å². The first-order chi connectivity index (χ1) is 9.19. The number of aromatic hydroxyl groups is 1. The Bertz CT molecular complexity index is 540. The van der Waals surface area contributed by atoms with Crippen molar-refractivity contribution >= 4 is 0 Å². The molecule has 0 bridgehead atoms. The van der Waals surface area contributed by atoms with Crippen molar-refractivity contribution in [3.05, 3.63) is 35.5 Å². The van der Waals surface area contributed by atoms with Crippen LogP contribution in [0, 0.1) is 6.92 Å². The molecule has 0 fully saturated rings. The number of hydrogen-bond donors (Lipinski definition) is 2. The van der Waals surface area contributed by atoms with Crippen LogP contribution in [0.2, 0.25) is 0 Å². The molecule has 0 radical (unpaired) electrons. The fraction of sp³-hybridized carbons (Fsp3) is 0.385. The SMILES string of the molecule is CCOc1cc(CNCc2noc(C)n2)ccc1O. The van der Waals surface area contributed by atoms with Crippen molar-refractivity contribution < 1.29 is 14.4 Å². The molecule has 0 aliphatic heterocycles. The molecule has 6 heteroatoms. The predicted octanol–water partition coefficient (Wildman–Crippen LogP) is 1.77. The second kappa shape index (κ2) is 6.19. The Morgan fingerprint density at radius 3 is 2.89 bits per heavy atom. The maximum Gasteiger partial charge on any atom is 0.223 e. The second-order valence-corrected chi connectivity index (χ2v) is 4.07. The first-order valence-electron chi connectivity index (χ1n) is 6.13. The third kappa shape index (κ3) is 3.69. The van der Waals surface area contributed by atoms with Crippen LogP contribution in [0.4, 0.5) is 0 Å². The molecule has 0 spiro atoms. The Hall–Kier alpha value is -2.08. The number of nitrogens with one attached hydrogen (secondary N) is 1. The van der Waals surface area contributed by atoms with Gasteiger partial charge in [-0.25, -0.2) is 0 Å². The average Bonchev–Trinajstić information content (AvgIpc) is 2.79. The number of phenolic OH excluding ortho intramolecular Hbond substituents is 1. The van der Waals surface area contributed by atoms with E-state index in [1.807, 2.05) is 19.1 Å². The lowest BCUT2D eigenvalue weighted by Crippen LogP contribution is -2.13. The van der Waals surface area contributed by atoms with Crippen molar-refractivity contribution in [1.82, 2.24) is 15.5 Å². The quantitative estimate of drug-likeness (QED) is 0.826. The highest BCUT2D eigenvalue weighted by Gasteiger charge is 2.05. The standard InChI is InChI=1S/C13H17N3O3/c1-3-18-12-6-10(4-5-11(12)17)7-14-8-13-15-9(2)19-16-13/h4-6,14,17H,3,7-8H2,1-2H3. The number of benzene rings is 1. The Balaban J connectivity index is 1.90. The van der Waals surface area contributed by atoms with Gasteiger partial charge < -0.3 is 19.7 Å².